The highest BCUT2D eigenvalue weighted by atomic mass is 35.5. The molecule has 0 saturated carbocycles. The maximum absolute atomic E-state index is 11.8. The second-order valence-electron chi connectivity index (χ2n) is 3.69. The van der Waals surface area contributed by atoms with Gasteiger partial charge < -0.3 is 4.74 Å². The van der Waals surface area contributed by atoms with Crippen molar-refractivity contribution in [2.75, 3.05) is 6.61 Å². The van der Waals surface area contributed by atoms with E-state index >= 15 is 0 Å². The predicted molar refractivity (Wildman–Crippen MR) is 68.7 cm³/mol. The molecule has 0 aromatic heterocycles. The standard InChI is InChI=1S/C12H12ClNO5/c1-3-19-12(16)8-4-5-10(14(17)18)9(6-8)11(15)7(2)13/h4-7H,3H2,1-2H3. The van der Waals surface area contributed by atoms with Gasteiger partial charge in [0.1, 0.15) is 0 Å². The van der Waals surface area contributed by atoms with E-state index in [0.29, 0.717) is 0 Å². The molecule has 1 aromatic carbocycles. The van der Waals surface area contributed by atoms with Crippen LogP contribution in [0.15, 0.2) is 18.2 Å². The molecule has 0 aliphatic heterocycles. The van der Waals surface area contributed by atoms with E-state index in [1.165, 1.54) is 13.0 Å². The summed E-state index contributed by atoms with van der Waals surface area (Å²) in [5, 5.41) is 9.93. The average Bonchev–Trinajstić information content (AvgIpc) is 2.37. The number of nitrogens with zero attached hydrogens (tertiary/aromatic N) is 1. The third-order valence-corrected chi connectivity index (χ3v) is 2.53. The van der Waals surface area contributed by atoms with Gasteiger partial charge in [-0.05, 0) is 26.0 Å². The fourth-order valence-corrected chi connectivity index (χ4v) is 1.57. The Morgan fingerprint density at radius 2 is 2.11 bits per heavy atom. The van der Waals surface area contributed by atoms with Crippen molar-refractivity contribution in [2.45, 2.75) is 19.2 Å². The number of halogens is 1. The number of alkyl halides is 1. The molecule has 0 radical (unpaired) electrons. The van der Waals surface area contributed by atoms with E-state index in [9.17, 15) is 19.7 Å². The SMILES string of the molecule is CCOC(=O)c1ccc([N+](=O)[O-])c(C(=O)C(C)Cl)c1. The van der Waals surface area contributed by atoms with Gasteiger partial charge in [0.2, 0.25) is 0 Å². The summed E-state index contributed by atoms with van der Waals surface area (Å²) in [6, 6.07) is 3.47. The summed E-state index contributed by atoms with van der Waals surface area (Å²) in [5.41, 5.74) is -0.503. The Bertz CT molecular complexity index is 527. The number of nitro groups is 1. The number of hydrogen-bond acceptors (Lipinski definition) is 5. The minimum atomic E-state index is -0.920. The fraction of sp³-hybridized carbons (Fsp3) is 0.333. The van der Waals surface area contributed by atoms with Crippen molar-refractivity contribution in [3.63, 3.8) is 0 Å². The van der Waals surface area contributed by atoms with Crippen LogP contribution in [0.3, 0.4) is 0 Å². The fourth-order valence-electron chi connectivity index (χ4n) is 1.45. The number of nitro benzene ring substituents is 1. The van der Waals surface area contributed by atoms with Crippen LogP contribution in [0.4, 0.5) is 5.69 Å². The van der Waals surface area contributed by atoms with Gasteiger partial charge in [-0.2, -0.15) is 0 Å². The summed E-state index contributed by atoms with van der Waals surface area (Å²) in [6.45, 7) is 3.21. The molecule has 0 spiro atoms. The van der Waals surface area contributed by atoms with E-state index in [-0.39, 0.29) is 23.4 Å². The zero-order valence-electron chi connectivity index (χ0n) is 10.4. The zero-order valence-corrected chi connectivity index (χ0v) is 11.1. The van der Waals surface area contributed by atoms with E-state index in [2.05, 4.69) is 0 Å². The molecule has 19 heavy (non-hydrogen) atoms. The van der Waals surface area contributed by atoms with Crippen LogP contribution in [-0.4, -0.2) is 28.7 Å². The molecule has 0 aliphatic rings. The van der Waals surface area contributed by atoms with E-state index in [1.54, 1.807) is 6.92 Å². The number of ketones is 1. The van der Waals surface area contributed by atoms with Crippen LogP contribution in [0.5, 0.6) is 0 Å². The van der Waals surface area contributed by atoms with Gasteiger partial charge in [0, 0.05) is 6.07 Å². The van der Waals surface area contributed by atoms with Gasteiger partial charge in [-0.25, -0.2) is 4.79 Å². The van der Waals surface area contributed by atoms with Crippen molar-refractivity contribution in [3.05, 3.63) is 39.4 Å². The van der Waals surface area contributed by atoms with Gasteiger partial charge in [-0.1, -0.05) is 0 Å². The number of ether oxygens (including phenoxy) is 1. The predicted octanol–water partition coefficient (Wildman–Crippen LogP) is 2.58. The summed E-state index contributed by atoms with van der Waals surface area (Å²) >= 11 is 5.64. The molecule has 0 saturated heterocycles. The van der Waals surface area contributed by atoms with Crippen LogP contribution in [0.1, 0.15) is 34.6 Å². The minimum absolute atomic E-state index is 0.0770. The van der Waals surface area contributed by atoms with Gasteiger partial charge >= 0.3 is 5.97 Å². The van der Waals surface area contributed by atoms with Crippen molar-refractivity contribution in [2.24, 2.45) is 0 Å². The number of carbonyl (C=O) groups excluding carboxylic acids is 2. The van der Waals surface area contributed by atoms with Crippen LogP contribution in [0.25, 0.3) is 0 Å². The van der Waals surface area contributed by atoms with Crippen LogP contribution >= 0.6 is 11.6 Å². The minimum Gasteiger partial charge on any atom is -0.462 e. The van der Waals surface area contributed by atoms with Crippen LogP contribution in [0, 0.1) is 10.1 Å². The largest absolute Gasteiger partial charge is 0.462 e. The Labute approximate surface area is 114 Å². The third kappa shape index (κ3) is 3.51. The lowest BCUT2D eigenvalue weighted by molar-refractivity contribution is -0.385. The zero-order chi connectivity index (χ0) is 14.6. The van der Waals surface area contributed by atoms with Crippen LogP contribution in [0.2, 0.25) is 0 Å². The van der Waals surface area contributed by atoms with E-state index in [1.807, 2.05) is 0 Å². The van der Waals surface area contributed by atoms with Gasteiger partial charge in [0.15, 0.2) is 5.78 Å². The number of hydrogen-bond donors (Lipinski definition) is 0. The van der Waals surface area contributed by atoms with E-state index < -0.39 is 22.1 Å². The monoisotopic (exact) mass is 285 g/mol. The lowest BCUT2D eigenvalue weighted by Crippen LogP contribution is -2.14. The number of Topliss-reactive ketones (excluding diaryl/α,β-unsaturated/α-hetero) is 1. The maximum Gasteiger partial charge on any atom is 0.338 e. The maximum atomic E-state index is 11.8. The van der Waals surface area contributed by atoms with Gasteiger partial charge in [-0.3, -0.25) is 14.9 Å². The molecule has 102 valence electrons. The first-order chi connectivity index (χ1) is 8.88. The second-order valence-corrected chi connectivity index (χ2v) is 4.34. The van der Waals surface area contributed by atoms with Gasteiger partial charge in [0.05, 0.1) is 28.0 Å². The number of rotatable bonds is 5. The van der Waals surface area contributed by atoms with Crippen molar-refractivity contribution < 1.29 is 19.2 Å². The molecule has 0 fully saturated rings. The highest BCUT2D eigenvalue weighted by Gasteiger charge is 2.25. The Hall–Kier alpha value is -1.95. The number of benzene rings is 1. The molecule has 1 atom stereocenters. The second kappa shape index (κ2) is 6.29. The van der Waals surface area contributed by atoms with Crippen molar-refractivity contribution in [3.8, 4) is 0 Å². The molecule has 0 heterocycles. The smallest absolute Gasteiger partial charge is 0.338 e. The van der Waals surface area contributed by atoms with E-state index in [4.69, 9.17) is 16.3 Å². The highest BCUT2D eigenvalue weighted by Crippen LogP contribution is 2.23. The molecule has 7 heteroatoms. The van der Waals surface area contributed by atoms with E-state index in [0.717, 1.165) is 12.1 Å². The van der Waals surface area contributed by atoms with Crippen LogP contribution < -0.4 is 0 Å². The molecular formula is C12H12ClNO5. The molecule has 1 unspecified atom stereocenters. The molecule has 1 rings (SSSR count). The molecule has 0 bridgehead atoms. The molecule has 1 aromatic rings. The first kappa shape index (κ1) is 15.1. The Morgan fingerprint density at radius 1 is 1.47 bits per heavy atom. The summed E-state index contributed by atoms with van der Waals surface area (Å²) < 4.78 is 4.77. The van der Waals surface area contributed by atoms with Crippen molar-refractivity contribution >= 4 is 29.0 Å². The Balaban J connectivity index is 3.30. The molecule has 0 aliphatic carbocycles. The Morgan fingerprint density at radius 3 is 2.58 bits per heavy atom. The quantitative estimate of drug-likeness (QED) is 0.273. The van der Waals surface area contributed by atoms with Crippen molar-refractivity contribution in [1.82, 2.24) is 0 Å². The third-order valence-electron chi connectivity index (χ3n) is 2.33. The summed E-state index contributed by atoms with van der Waals surface area (Å²) in [4.78, 5) is 33.5. The first-order valence-electron chi connectivity index (χ1n) is 5.52. The lowest BCUT2D eigenvalue weighted by atomic mass is 10.0. The highest BCUT2D eigenvalue weighted by molar-refractivity contribution is 6.34. The van der Waals surface area contributed by atoms with Crippen molar-refractivity contribution in [1.29, 1.82) is 0 Å². The Kier molecular flexibility index (Phi) is 5.00. The number of esters is 1. The molecule has 0 N–H and O–H groups in total. The molecule has 6 nitrogen and oxygen atoms in total. The summed E-state index contributed by atoms with van der Waals surface area (Å²) in [7, 11) is 0. The molecule has 0 amide bonds. The first-order valence-corrected chi connectivity index (χ1v) is 5.96. The summed E-state index contributed by atoms with van der Waals surface area (Å²) in [5.74, 6) is -1.26. The number of carbonyl (C=O) groups is 2. The molecular weight excluding hydrogens is 274 g/mol. The summed E-state index contributed by atoms with van der Waals surface area (Å²) in [6.07, 6.45) is 0. The van der Waals surface area contributed by atoms with Gasteiger partial charge in [-0.15, -0.1) is 11.6 Å². The van der Waals surface area contributed by atoms with Gasteiger partial charge in [0.25, 0.3) is 5.69 Å². The van der Waals surface area contributed by atoms with Crippen LogP contribution in [-0.2, 0) is 4.74 Å². The normalized spacial score (nSPS) is 11.7. The topological polar surface area (TPSA) is 86.5 Å². The average molecular weight is 286 g/mol. The lowest BCUT2D eigenvalue weighted by Gasteiger charge is -2.06.